The first kappa shape index (κ1) is 13.1. The lowest BCUT2D eigenvalue weighted by molar-refractivity contribution is -0.120. The van der Waals surface area contributed by atoms with Gasteiger partial charge in [0.25, 0.3) is 0 Å². The van der Waals surface area contributed by atoms with Crippen molar-refractivity contribution in [3.8, 4) is 0 Å². The van der Waals surface area contributed by atoms with E-state index in [0.29, 0.717) is 43.1 Å². The molecule has 0 spiro atoms. The van der Waals surface area contributed by atoms with Crippen LogP contribution in [0.25, 0.3) is 0 Å². The average molecular weight is 264 g/mol. The van der Waals surface area contributed by atoms with Crippen LogP contribution < -0.4 is 16.0 Å². The van der Waals surface area contributed by atoms with Crippen LogP contribution in [-0.4, -0.2) is 43.6 Å². The predicted octanol–water partition coefficient (Wildman–Crippen LogP) is -0.223. The molecule has 2 heterocycles. The highest BCUT2D eigenvalue weighted by atomic mass is 16.5. The van der Waals surface area contributed by atoms with E-state index in [2.05, 4.69) is 10.3 Å². The highest BCUT2D eigenvalue weighted by Crippen LogP contribution is 2.21. The van der Waals surface area contributed by atoms with Crippen molar-refractivity contribution in [1.29, 1.82) is 0 Å². The second kappa shape index (κ2) is 5.55. The van der Waals surface area contributed by atoms with E-state index in [9.17, 15) is 9.59 Å². The Bertz CT molecular complexity index is 504. The molecule has 0 unspecified atom stereocenters. The Balaban J connectivity index is 2.32. The summed E-state index contributed by atoms with van der Waals surface area (Å²) in [6.07, 6.45) is 1.86. The number of aromatic nitrogens is 1. The van der Waals surface area contributed by atoms with Crippen LogP contribution in [0.15, 0.2) is 12.3 Å². The number of esters is 1. The molecule has 0 radical (unpaired) electrons. The van der Waals surface area contributed by atoms with E-state index in [-0.39, 0.29) is 5.91 Å². The number of rotatable bonds is 2. The standard InChI is InChI=1S/C12H16N4O3/c1-19-12(18)9-6-8(13)7-15-11(9)16-4-2-10(17)14-3-5-16/h6-7H,2-5,13H2,1H3,(H,14,17). The molecule has 1 amide bonds. The molecule has 1 saturated heterocycles. The molecule has 7 nitrogen and oxygen atoms in total. The first-order chi connectivity index (χ1) is 9.11. The van der Waals surface area contributed by atoms with E-state index in [1.807, 2.05) is 4.90 Å². The first-order valence-electron chi connectivity index (χ1n) is 5.97. The Morgan fingerprint density at radius 2 is 2.32 bits per heavy atom. The molecule has 0 aromatic carbocycles. The fourth-order valence-electron chi connectivity index (χ4n) is 1.96. The number of nitrogens with zero attached hydrogens (tertiary/aromatic N) is 2. The van der Waals surface area contributed by atoms with E-state index in [1.54, 1.807) is 0 Å². The van der Waals surface area contributed by atoms with Crippen molar-refractivity contribution in [1.82, 2.24) is 10.3 Å². The number of carbonyl (C=O) groups is 2. The summed E-state index contributed by atoms with van der Waals surface area (Å²) in [6.45, 7) is 1.62. The van der Waals surface area contributed by atoms with E-state index in [1.165, 1.54) is 19.4 Å². The minimum atomic E-state index is -0.488. The van der Waals surface area contributed by atoms with Crippen LogP contribution in [0.4, 0.5) is 11.5 Å². The maximum absolute atomic E-state index is 11.8. The third-order valence-electron chi connectivity index (χ3n) is 2.91. The Kier molecular flexibility index (Phi) is 3.84. The van der Waals surface area contributed by atoms with E-state index >= 15 is 0 Å². The summed E-state index contributed by atoms with van der Waals surface area (Å²) in [6, 6.07) is 1.54. The van der Waals surface area contributed by atoms with Crippen LogP contribution in [0.3, 0.4) is 0 Å². The van der Waals surface area contributed by atoms with Crippen molar-refractivity contribution in [3.05, 3.63) is 17.8 Å². The summed E-state index contributed by atoms with van der Waals surface area (Å²) in [5.74, 6) is 0.00782. The molecule has 102 valence electrons. The maximum Gasteiger partial charge on any atom is 0.341 e. The van der Waals surface area contributed by atoms with Gasteiger partial charge in [-0.25, -0.2) is 9.78 Å². The van der Waals surface area contributed by atoms with Gasteiger partial charge in [-0.2, -0.15) is 0 Å². The van der Waals surface area contributed by atoms with Gasteiger partial charge in [-0.3, -0.25) is 4.79 Å². The second-order valence-electron chi connectivity index (χ2n) is 4.22. The third kappa shape index (κ3) is 2.93. The molecule has 3 N–H and O–H groups in total. The third-order valence-corrected chi connectivity index (χ3v) is 2.91. The molecule has 1 aliphatic heterocycles. The summed E-state index contributed by atoms with van der Waals surface area (Å²) in [5, 5.41) is 2.77. The molecule has 0 aliphatic carbocycles. The highest BCUT2D eigenvalue weighted by Gasteiger charge is 2.21. The summed E-state index contributed by atoms with van der Waals surface area (Å²) in [7, 11) is 1.31. The van der Waals surface area contributed by atoms with Crippen LogP contribution in [0.2, 0.25) is 0 Å². The van der Waals surface area contributed by atoms with E-state index < -0.39 is 5.97 Å². The van der Waals surface area contributed by atoms with Crippen molar-refractivity contribution < 1.29 is 14.3 Å². The number of hydrogen-bond donors (Lipinski definition) is 2. The van der Waals surface area contributed by atoms with Crippen molar-refractivity contribution >= 4 is 23.4 Å². The minimum absolute atomic E-state index is 0.00226. The molecule has 1 aromatic heterocycles. The fraction of sp³-hybridized carbons (Fsp3) is 0.417. The number of anilines is 2. The van der Waals surface area contributed by atoms with Crippen LogP contribution >= 0.6 is 0 Å². The number of pyridine rings is 1. The SMILES string of the molecule is COC(=O)c1cc(N)cnc1N1CCNC(=O)CC1. The largest absolute Gasteiger partial charge is 0.465 e. The van der Waals surface area contributed by atoms with Crippen LogP contribution in [0.5, 0.6) is 0 Å². The van der Waals surface area contributed by atoms with Crippen molar-refractivity contribution in [2.24, 2.45) is 0 Å². The quantitative estimate of drug-likeness (QED) is 0.716. The van der Waals surface area contributed by atoms with Crippen molar-refractivity contribution in [2.75, 3.05) is 37.4 Å². The van der Waals surface area contributed by atoms with Gasteiger partial charge in [0.1, 0.15) is 11.4 Å². The number of ether oxygens (including phenoxy) is 1. The molecule has 2 rings (SSSR count). The van der Waals surface area contributed by atoms with Gasteiger partial charge in [0.15, 0.2) is 0 Å². The van der Waals surface area contributed by atoms with Gasteiger partial charge in [0, 0.05) is 26.1 Å². The van der Waals surface area contributed by atoms with Gasteiger partial charge < -0.3 is 20.7 Å². The monoisotopic (exact) mass is 264 g/mol. The molecule has 1 aliphatic rings. The number of hydrogen-bond acceptors (Lipinski definition) is 6. The van der Waals surface area contributed by atoms with Gasteiger partial charge in [-0.1, -0.05) is 0 Å². The lowest BCUT2D eigenvalue weighted by Gasteiger charge is -2.22. The van der Waals surface area contributed by atoms with E-state index in [0.717, 1.165) is 0 Å². The Labute approximate surface area is 110 Å². The lowest BCUT2D eigenvalue weighted by Crippen LogP contribution is -2.30. The normalized spacial score (nSPS) is 15.6. The molecule has 7 heteroatoms. The van der Waals surface area contributed by atoms with Gasteiger partial charge in [-0.15, -0.1) is 0 Å². The van der Waals surface area contributed by atoms with Gasteiger partial charge in [0.2, 0.25) is 5.91 Å². The number of nitrogen functional groups attached to an aromatic ring is 1. The van der Waals surface area contributed by atoms with Crippen molar-refractivity contribution in [3.63, 3.8) is 0 Å². The zero-order chi connectivity index (χ0) is 13.8. The Morgan fingerprint density at radius 3 is 3.05 bits per heavy atom. The van der Waals surface area contributed by atoms with E-state index in [4.69, 9.17) is 10.5 Å². The molecule has 19 heavy (non-hydrogen) atoms. The molecular weight excluding hydrogens is 248 g/mol. The summed E-state index contributed by atoms with van der Waals surface area (Å²) in [4.78, 5) is 29.1. The number of methoxy groups -OCH3 is 1. The Hall–Kier alpha value is -2.31. The molecular formula is C12H16N4O3. The number of nitrogens with two attached hydrogens (primary N) is 1. The molecule has 1 aromatic rings. The topological polar surface area (TPSA) is 97.6 Å². The summed E-state index contributed by atoms with van der Waals surface area (Å²) < 4.78 is 4.73. The van der Waals surface area contributed by atoms with Crippen LogP contribution in [-0.2, 0) is 9.53 Å². The average Bonchev–Trinajstić information content (AvgIpc) is 2.62. The molecule has 0 bridgehead atoms. The molecule has 0 atom stereocenters. The number of carbonyl (C=O) groups excluding carboxylic acids is 2. The minimum Gasteiger partial charge on any atom is -0.465 e. The van der Waals surface area contributed by atoms with Crippen LogP contribution in [0, 0.1) is 0 Å². The molecule has 0 saturated carbocycles. The number of amides is 1. The number of nitrogens with one attached hydrogen (secondary N) is 1. The summed E-state index contributed by atoms with van der Waals surface area (Å²) in [5.41, 5.74) is 6.36. The zero-order valence-corrected chi connectivity index (χ0v) is 10.7. The molecule has 1 fully saturated rings. The predicted molar refractivity (Wildman–Crippen MR) is 69.8 cm³/mol. The fourth-order valence-corrected chi connectivity index (χ4v) is 1.96. The second-order valence-corrected chi connectivity index (χ2v) is 4.22. The smallest absolute Gasteiger partial charge is 0.341 e. The highest BCUT2D eigenvalue weighted by molar-refractivity contribution is 5.95. The Morgan fingerprint density at radius 1 is 1.53 bits per heavy atom. The first-order valence-corrected chi connectivity index (χ1v) is 5.97. The van der Waals surface area contributed by atoms with Gasteiger partial charge in [0.05, 0.1) is 19.0 Å². The maximum atomic E-state index is 11.8. The van der Waals surface area contributed by atoms with Crippen LogP contribution in [0.1, 0.15) is 16.8 Å². The summed E-state index contributed by atoms with van der Waals surface area (Å²) >= 11 is 0. The van der Waals surface area contributed by atoms with Gasteiger partial charge in [-0.05, 0) is 6.07 Å². The lowest BCUT2D eigenvalue weighted by atomic mass is 10.2. The van der Waals surface area contributed by atoms with Gasteiger partial charge >= 0.3 is 5.97 Å². The van der Waals surface area contributed by atoms with Crippen molar-refractivity contribution in [2.45, 2.75) is 6.42 Å². The zero-order valence-electron chi connectivity index (χ0n) is 10.7.